The second-order valence-corrected chi connectivity index (χ2v) is 8.39. The minimum absolute atomic E-state index is 0.0101. The second kappa shape index (κ2) is 8.03. The van der Waals surface area contributed by atoms with E-state index < -0.39 is 10.8 Å². The number of hydrogen-bond donors (Lipinski definition) is 1. The molecule has 0 aliphatic heterocycles. The molecular formula is C21H22N4O2S. The van der Waals surface area contributed by atoms with E-state index in [0.717, 1.165) is 10.9 Å². The number of rotatable bonds is 6. The predicted octanol–water partition coefficient (Wildman–Crippen LogP) is 4.42. The third-order valence-electron chi connectivity index (χ3n) is 4.74. The smallest absolute Gasteiger partial charge is 0.234 e. The van der Waals surface area contributed by atoms with Crippen LogP contribution in [0.25, 0.3) is 22.5 Å². The average Bonchev–Trinajstić information content (AvgIpc) is 3.22. The molecule has 6 nitrogen and oxygen atoms in total. The lowest BCUT2D eigenvalue weighted by atomic mass is 9.90. The lowest BCUT2D eigenvalue weighted by Crippen LogP contribution is -2.51. The average molecular weight is 395 g/mol. The molecule has 3 aromatic rings. The quantitative estimate of drug-likeness (QED) is 0.491. The highest BCUT2D eigenvalue weighted by atomic mass is 32.2. The number of amides is 1. The maximum absolute atomic E-state index is 12.7. The highest BCUT2D eigenvalue weighted by Gasteiger charge is 2.32. The van der Waals surface area contributed by atoms with Crippen LogP contribution in [-0.4, -0.2) is 26.7 Å². The first kappa shape index (κ1) is 19.9. The summed E-state index contributed by atoms with van der Waals surface area (Å²) in [4.78, 5) is 21.9. The first-order valence-electron chi connectivity index (χ1n) is 9.04. The summed E-state index contributed by atoms with van der Waals surface area (Å²) >= 11 is 1.34. The standard InChI is InChI=1S/C21H22N4O2S/c1-13(2)21(4,12-22)25-19(26)14(3)28-20-15-8-5-6-9-16(15)23-18(24-20)17-10-7-11-27-17/h5-11,13-14H,1-4H3,(H,25,26)/t14-,21+/m1/s1. The molecular weight excluding hydrogens is 372 g/mol. The van der Waals surface area contributed by atoms with Gasteiger partial charge in [-0.25, -0.2) is 9.97 Å². The third-order valence-corrected chi connectivity index (χ3v) is 5.84. The Morgan fingerprint density at radius 3 is 2.61 bits per heavy atom. The second-order valence-electron chi connectivity index (χ2n) is 7.07. The Hall–Kier alpha value is -2.85. The third kappa shape index (κ3) is 4.02. The number of nitrogens with one attached hydrogen (secondary N) is 1. The Labute approximate surface area is 168 Å². The predicted molar refractivity (Wildman–Crippen MR) is 110 cm³/mol. The van der Waals surface area contributed by atoms with Crippen molar-refractivity contribution in [3.05, 3.63) is 42.7 Å². The van der Waals surface area contributed by atoms with Crippen LogP contribution in [0.3, 0.4) is 0 Å². The van der Waals surface area contributed by atoms with Crippen LogP contribution in [0.4, 0.5) is 0 Å². The summed E-state index contributed by atoms with van der Waals surface area (Å²) in [7, 11) is 0. The molecule has 144 valence electrons. The summed E-state index contributed by atoms with van der Waals surface area (Å²) in [5.74, 6) is 0.832. The lowest BCUT2D eigenvalue weighted by Gasteiger charge is -2.28. The van der Waals surface area contributed by atoms with Gasteiger partial charge >= 0.3 is 0 Å². The fourth-order valence-electron chi connectivity index (χ4n) is 2.53. The van der Waals surface area contributed by atoms with E-state index in [1.54, 1.807) is 25.3 Å². The molecule has 0 spiro atoms. The van der Waals surface area contributed by atoms with Crippen molar-refractivity contribution in [2.24, 2.45) is 5.92 Å². The maximum atomic E-state index is 12.7. The van der Waals surface area contributed by atoms with Gasteiger partial charge in [-0.15, -0.1) is 0 Å². The van der Waals surface area contributed by atoms with Gasteiger partial charge in [-0.05, 0) is 38.0 Å². The van der Waals surface area contributed by atoms with Crippen LogP contribution >= 0.6 is 11.8 Å². The number of hydrogen-bond acceptors (Lipinski definition) is 6. The molecule has 2 atom stereocenters. The van der Waals surface area contributed by atoms with Crippen molar-refractivity contribution in [2.75, 3.05) is 0 Å². The number of benzene rings is 1. The van der Waals surface area contributed by atoms with Crippen LogP contribution < -0.4 is 5.32 Å². The van der Waals surface area contributed by atoms with E-state index in [2.05, 4.69) is 21.4 Å². The van der Waals surface area contributed by atoms with Crippen LogP contribution in [0.5, 0.6) is 0 Å². The molecule has 2 heterocycles. The summed E-state index contributed by atoms with van der Waals surface area (Å²) in [6.45, 7) is 7.37. The summed E-state index contributed by atoms with van der Waals surface area (Å²) in [5.41, 5.74) is -0.137. The Morgan fingerprint density at radius 1 is 1.21 bits per heavy atom. The van der Waals surface area contributed by atoms with Gasteiger partial charge in [0.05, 0.1) is 23.1 Å². The lowest BCUT2D eigenvalue weighted by molar-refractivity contribution is -0.121. The van der Waals surface area contributed by atoms with Gasteiger partial charge in [0.15, 0.2) is 11.6 Å². The van der Waals surface area contributed by atoms with Crippen molar-refractivity contribution in [1.29, 1.82) is 5.26 Å². The van der Waals surface area contributed by atoms with Crippen LogP contribution in [0.1, 0.15) is 27.7 Å². The summed E-state index contributed by atoms with van der Waals surface area (Å²) in [6, 6.07) is 13.5. The van der Waals surface area contributed by atoms with Crippen molar-refractivity contribution in [3.63, 3.8) is 0 Å². The van der Waals surface area contributed by atoms with Gasteiger partial charge in [0.2, 0.25) is 5.91 Å². The van der Waals surface area contributed by atoms with Gasteiger partial charge < -0.3 is 9.73 Å². The number of fused-ring (bicyclic) bond motifs is 1. The number of nitriles is 1. The van der Waals surface area contributed by atoms with Crippen molar-refractivity contribution >= 4 is 28.6 Å². The Kier molecular flexibility index (Phi) is 5.71. The molecule has 0 unspecified atom stereocenters. The first-order chi connectivity index (χ1) is 13.3. The monoisotopic (exact) mass is 394 g/mol. The molecule has 2 aromatic heterocycles. The Balaban J connectivity index is 1.91. The van der Waals surface area contributed by atoms with E-state index >= 15 is 0 Å². The number of carbonyl (C=O) groups excluding carboxylic acids is 1. The number of nitrogens with zero attached hydrogens (tertiary/aromatic N) is 3. The molecule has 0 bridgehead atoms. The molecule has 0 fully saturated rings. The summed E-state index contributed by atoms with van der Waals surface area (Å²) in [5, 5.41) is 13.5. The van der Waals surface area contributed by atoms with Gasteiger partial charge in [0.25, 0.3) is 0 Å². The van der Waals surface area contributed by atoms with E-state index in [-0.39, 0.29) is 11.8 Å². The number of thioether (sulfide) groups is 1. The molecule has 1 amide bonds. The van der Waals surface area contributed by atoms with E-state index in [0.29, 0.717) is 16.6 Å². The summed E-state index contributed by atoms with van der Waals surface area (Å²) < 4.78 is 5.43. The minimum atomic E-state index is -0.918. The van der Waals surface area contributed by atoms with Crippen molar-refractivity contribution < 1.29 is 9.21 Å². The van der Waals surface area contributed by atoms with Crippen molar-refractivity contribution in [3.8, 4) is 17.7 Å². The van der Waals surface area contributed by atoms with Crippen LogP contribution in [0.15, 0.2) is 52.1 Å². The molecule has 0 radical (unpaired) electrons. The van der Waals surface area contributed by atoms with Crippen molar-refractivity contribution in [2.45, 2.75) is 43.5 Å². The zero-order chi connectivity index (χ0) is 20.3. The molecule has 1 N–H and O–H groups in total. The van der Waals surface area contributed by atoms with E-state index in [9.17, 15) is 10.1 Å². The molecule has 0 aliphatic rings. The van der Waals surface area contributed by atoms with Crippen LogP contribution in [0, 0.1) is 17.2 Å². The highest BCUT2D eigenvalue weighted by Crippen LogP contribution is 2.31. The Bertz CT molecular complexity index is 1030. The van der Waals surface area contributed by atoms with E-state index in [1.165, 1.54) is 11.8 Å². The molecule has 7 heteroatoms. The maximum Gasteiger partial charge on any atom is 0.234 e. The van der Waals surface area contributed by atoms with Crippen LogP contribution in [-0.2, 0) is 4.79 Å². The summed E-state index contributed by atoms with van der Waals surface area (Å²) in [6.07, 6.45) is 1.57. The van der Waals surface area contributed by atoms with Gasteiger partial charge in [-0.2, -0.15) is 5.26 Å². The number of furan rings is 1. The fourth-order valence-corrected chi connectivity index (χ4v) is 3.47. The Morgan fingerprint density at radius 2 is 1.96 bits per heavy atom. The molecule has 0 saturated carbocycles. The number of para-hydroxylation sites is 1. The van der Waals surface area contributed by atoms with E-state index in [4.69, 9.17) is 4.42 Å². The normalized spacial score (nSPS) is 14.4. The molecule has 28 heavy (non-hydrogen) atoms. The zero-order valence-corrected chi connectivity index (χ0v) is 17.1. The molecule has 1 aromatic carbocycles. The van der Waals surface area contributed by atoms with E-state index in [1.807, 2.05) is 45.0 Å². The largest absolute Gasteiger partial charge is 0.461 e. The number of aromatic nitrogens is 2. The van der Waals surface area contributed by atoms with Gasteiger partial charge in [0, 0.05) is 5.39 Å². The number of carbonyl (C=O) groups is 1. The topological polar surface area (TPSA) is 91.8 Å². The van der Waals surface area contributed by atoms with Gasteiger partial charge in [-0.1, -0.05) is 43.8 Å². The van der Waals surface area contributed by atoms with Crippen molar-refractivity contribution in [1.82, 2.24) is 15.3 Å². The van der Waals surface area contributed by atoms with Gasteiger partial charge in [0.1, 0.15) is 10.6 Å². The molecule has 3 rings (SSSR count). The van der Waals surface area contributed by atoms with Crippen LogP contribution in [0.2, 0.25) is 0 Å². The SMILES string of the molecule is CC(C)[C@](C)(C#N)NC(=O)[C@@H](C)Sc1nc(-c2ccco2)nc2ccccc12. The fraction of sp³-hybridized carbons (Fsp3) is 0.333. The zero-order valence-electron chi connectivity index (χ0n) is 16.3. The highest BCUT2D eigenvalue weighted by molar-refractivity contribution is 8.00. The molecule has 0 aliphatic carbocycles. The first-order valence-corrected chi connectivity index (χ1v) is 9.92. The minimum Gasteiger partial charge on any atom is -0.461 e. The van der Waals surface area contributed by atoms with Gasteiger partial charge in [-0.3, -0.25) is 4.79 Å². The molecule has 0 saturated heterocycles.